The third-order valence-electron chi connectivity index (χ3n) is 2.93. The lowest BCUT2D eigenvalue weighted by molar-refractivity contribution is -0.122. The summed E-state index contributed by atoms with van der Waals surface area (Å²) in [7, 11) is 0. The lowest BCUT2D eigenvalue weighted by Gasteiger charge is -2.15. The van der Waals surface area contributed by atoms with Crippen LogP contribution in [0.15, 0.2) is 53.0 Å². The third kappa shape index (κ3) is 4.33. The molecule has 0 fully saturated rings. The Kier molecular flexibility index (Phi) is 5.16. The Bertz CT molecular complexity index is 669. The van der Waals surface area contributed by atoms with Gasteiger partial charge in [-0.2, -0.15) is 0 Å². The summed E-state index contributed by atoms with van der Waals surface area (Å²) in [5.74, 6) is -0.186. The van der Waals surface area contributed by atoms with Gasteiger partial charge in [0.05, 0.1) is 0 Å². The minimum atomic E-state index is -0.656. The van der Waals surface area contributed by atoms with E-state index in [1.165, 1.54) is 0 Å². The van der Waals surface area contributed by atoms with Crippen molar-refractivity contribution in [3.05, 3.63) is 58.6 Å². The summed E-state index contributed by atoms with van der Waals surface area (Å²) in [6.07, 6.45) is -0.656. The van der Waals surface area contributed by atoms with Gasteiger partial charge < -0.3 is 15.8 Å². The monoisotopic (exact) mass is 362 g/mol. The van der Waals surface area contributed by atoms with E-state index in [2.05, 4.69) is 21.2 Å². The molecule has 0 aliphatic heterocycles. The summed E-state index contributed by atoms with van der Waals surface area (Å²) < 4.78 is 6.49. The number of nitrogens with one attached hydrogen (secondary N) is 1. The van der Waals surface area contributed by atoms with Gasteiger partial charge in [-0.1, -0.05) is 15.9 Å². The number of ether oxygens (including phenoxy) is 1. The van der Waals surface area contributed by atoms with Crippen molar-refractivity contribution in [3.63, 3.8) is 0 Å². The van der Waals surface area contributed by atoms with E-state index in [1.54, 1.807) is 43.3 Å². The highest BCUT2D eigenvalue weighted by atomic mass is 79.9. The molecule has 0 heterocycles. The van der Waals surface area contributed by atoms with Crippen molar-refractivity contribution in [3.8, 4) is 5.75 Å². The summed E-state index contributed by atoms with van der Waals surface area (Å²) in [5, 5.41) is 2.71. The Morgan fingerprint density at radius 3 is 2.23 bits per heavy atom. The smallest absolute Gasteiger partial charge is 0.265 e. The second kappa shape index (κ2) is 7.09. The van der Waals surface area contributed by atoms with Gasteiger partial charge in [-0.05, 0) is 55.5 Å². The molecule has 0 unspecified atom stereocenters. The van der Waals surface area contributed by atoms with Crippen molar-refractivity contribution in [2.45, 2.75) is 13.0 Å². The van der Waals surface area contributed by atoms with Gasteiger partial charge in [0.2, 0.25) is 5.91 Å². The van der Waals surface area contributed by atoms with Gasteiger partial charge in [0.1, 0.15) is 5.75 Å². The fraction of sp³-hybridized carbons (Fsp3) is 0.125. The Labute approximate surface area is 136 Å². The van der Waals surface area contributed by atoms with Crippen LogP contribution in [0.2, 0.25) is 0 Å². The zero-order valence-corrected chi connectivity index (χ0v) is 13.5. The summed E-state index contributed by atoms with van der Waals surface area (Å²) in [5.41, 5.74) is 6.12. The minimum absolute atomic E-state index is 0.283. The number of hydrogen-bond acceptors (Lipinski definition) is 3. The first-order chi connectivity index (χ1) is 10.5. The average Bonchev–Trinajstić information content (AvgIpc) is 2.50. The maximum Gasteiger partial charge on any atom is 0.265 e. The Morgan fingerprint density at radius 2 is 1.68 bits per heavy atom. The first-order valence-corrected chi connectivity index (χ1v) is 7.38. The molecular formula is C16H15BrN2O3. The van der Waals surface area contributed by atoms with Crippen LogP contribution in [-0.2, 0) is 4.79 Å². The molecule has 0 bridgehead atoms. The molecule has 0 aliphatic carbocycles. The van der Waals surface area contributed by atoms with Crippen molar-refractivity contribution >= 4 is 33.4 Å². The van der Waals surface area contributed by atoms with Crippen LogP contribution in [0.3, 0.4) is 0 Å². The van der Waals surface area contributed by atoms with E-state index in [4.69, 9.17) is 10.5 Å². The molecule has 22 heavy (non-hydrogen) atoms. The molecule has 2 aromatic rings. The van der Waals surface area contributed by atoms with E-state index in [1.807, 2.05) is 12.1 Å². The van der Waals surface area contributed by atoms with Gasteiger partial charge in [0.15, 0.2) is 6.10 Å². The summed E-state index contributed by atoms with van der Waals surface area (Å²) in [6.45, 7) is 1.66. The molecule has 5 nitrogen and oxygen atoms in total. The fourth-order valence-corrected chi connectivity index (χ4v) is 2.00. The fourth-order valence-electron chi connectivity index (χ4n) is 1.73. The van der Waals surface area contributed by atoms with Crippen molar-refractivity contribution < 1.29 is 14.3 Å². The van der Waals surface area contributed by atoms with Gasteiger partial charge >= 0.3 is 0 Å². The van der Waals surface area contributed by atoms with E-state index < -0.39 is 12.0 Å². The molecule has 6 heteroatoms. The molecule has 0 spiro atoms. The molecule has 114 valence electrons. The van der Waals surface area contributed by atoms with E-state index in [0.717, 1.165) is 4.47 Å². The molecule has 0 aliphatic rings. The average molecular weight is 363 g/mol. The minimum Gasteiger partial charge on any atom is -0.481 e. The number of carbonyl (C=O) groups excluding carboxylic acids is 2. The van der Waals surface area contributed by atoms with Gasteiger partial charge in [-0.3, -0.25) is 9.59 Å². The van der Waals surface area contributed by atoms with Crippen molar-refractivity contribution in [2.24, 2.45) is 5.73 Å². The maximum atomic E-state index is 12.1. The van der Waals surface area contributed by atoms with E-state index in [-0.39, 0.29) is 5.91 Å². The first-order valence-electron chi connectivity index (χ1n) is 6.58. The van der Waals surface area contributed by atoms with Crippen LogP contribution in [0.5, 0.6) is 5.75 Å². The lowest BCUT2D eigenvalue weighted by Crippen LogP contribution is -2.30. The Morgan fingerprint density at radius 1 is 1.09 bits per heavy atom. The predicted octanol–water partition coefficient (Wildman–Crippen LogP) is 2.95. The maximum absolute atomic E-state index is 12.1. The van der Waals surface area contributed by atoms with E-state index in [0.29, 0.717) is 17.0 Å². The first kappa shape index (κ1) is 16.0. The number of carbonyl (C=O) groups is 2. The number of rotatable bonds is 5. The van der Waals surface area contributed by atoms with Gasteiger partial charge in [0.25, 0.3) is 5.91 Å². The molecule has 0 radical (unpaired) electrons. The molecule has 3 N–H and O–H groups in total. The van der Waals surface area contributed by atoms with Crippen molar-refractivity contribution in [2.75, 3.05) is 5.32 Å². The predicted molar refractivity (Wildman–Crippen MR) is 87.8 cm³/mol. The molecule has 0 saturated carbocycles. The number of benzene rings is 2. The van der Waals surface area contributed by atoms with Crippen LogP contribution in [0, 0.1) is 0 Å². The van der Waals surface area contributed by atoms with Crippen molar-refractivity contribution in [1.29, 1.82) is 0 Å². The second-order valence-electron chi connectivity index (χ2n) is 4.64. The van der Waals surface area contributed by atoms with Crippen LogP contribution in [0.1, 0.15) is 17.3 Å². The van der Waals surface area contributed by atoms with Crippen LogP contribution in [0.4, 0.5) is 5.69 Å². The van der Waals surface area contributed by atoms with Crippen LogP contribution in [-0.4, -0.2) is 17.9 Å². The highest BCUT2D eigenvalue weighted by Crippen LogP contribution is 2.18. The standard InChI is InChI=1S/C16H15BrN2O3/c1-10(22-14-8-4-12(17)5-9-14)16(21)19-13-6-2-11(3-7-13)15(18)20/h2-10H,1H3,(H2,18,20)(H,19,21)/t10-/m1/s1. The quantitative estimate of drug-likeness (QED) is 0.857. The van der Waals surface area contributed by atoms with Gasteiger partial charge in [0, 0.05) is 15.7 Å². The molecule has 0 aromatic heterocycles. The van der Waals surface area contributed by atoms with Gasteiger partial charge in [-0.25, -0.2) is 0 Å². The molecular weight excluding hydrogens is 348 g/mol. The third-order valence-corrected chi connectivity index (χ3v) is 3.46. The highest BCUT2D eigenvalue weighted by molar-refractivity contribution is 9.10. The van der Waals surface area contributed by atoms with E-state index >= 15 is 0 Å². The number of nitrogens with two attached hydrogens (primary N) is 1. The second-order valence-corrected chi connectivity index (χ2v) is 5.56. The van der Waals surface area contributed by atoms with Crippen LogP contribution >= 0.6 is 15.9 Å². The summed E-state index contributed by atoms with van der Waals surface area (Å²) in [4.78, 5) is 23.0. The summed E-state index contributed by atoms with van der Waals surface area (Å²) >= 11 is 3.33. The SMILES string of the molecule is C[C@@H](Oc1ccc(Br)cc1)C(=O)Nc1ccc(C(N)=O)cc1. The molecule has 0 saturated heterocycles. The summed E-state index contributed by atoms with van der Waals surface area (Å²) in [6, 6.07) is 13.6. The number of primary amides is 1. The van der Waals surface area contributed by atoms with E-state index in [9.17, 15) is 9.59 Å². The normalized spacial score (nSPS) is 11.5. The molecule has 2 rings (SSSR count). The van der Waals surface area contributed by atoms with Crippen LogP contribution < -0.4 is 15.8 Å². The molecule has 2 amide bonds. The van der Waals surface area contributed by atoms with Crippen molar-refractivity contribution in [1.82, 2.24) is 0 Å². The zero-order chi connectivity index (χ0) is 16.1. The largest absolute Gasteiger partial charge is 0.481 e. The van der Waals surface area contributed by atoms with Crippen LogP contribution in [0.25, 0.3) is 0 Å². The number of hydrogen-bond donors (Lipinski definition) is 2. The van der Waals surface area contributed by atoms with Gasteiger partial charge in [-0.15, -0.1) is 0 Å². The number of amides is 2. The molecule has 1 atom stereocenters. The topological polar surface area (TPSA) is 81.4 Å². The Hall–Kier alpha value is -2.34. The lowest BCUT2D eigenvalue weighted by atomic mass is 10.2. The molecule has 2 aromatic carbocycles. The highest BCUT2D eigenvalue weighted by Gasteiger charge is 2.15. The number of halogens is 1. The number of anilines is 1. The zero-order valence-electron chi connectivity index (χ0n) is 11.9. The Balaban J connectivity index is 1.95.